The van der Waals surface area contributed by atoms with Crippen LogP contribution in [0.25, 0.3) is 16.6 Å². The first-order chi connectivity index (χ1) is 12.3. The third-order valence-corrected chi connectivity index (χ3v) is 3.97. The molecule has 0 fully saturated rings. The van der Waals surface area contributed by atoms with Crippen LogP contribution in [0.4, 0.5) is 0 Å². The van der Waals surface area contributed by atoms with Gasteiger partial charge in [0.1, 0.15) is 12.4 Å². The second-order valence-corrected chi connectivity index (χ2v) is 5.62. The quantitative estimate of drug-likeness (QED) is 0.569. The molecule has 3 aromatic carbocycles. The lowest BCUT2D eigenvalue weighted by molar-refractivity contribution is 0.292. The van der Waals surface area contributed by atoms with Gasteiger partial charge in [-0.3, -0.25) is 9.36 Å². The van der Waals surface area contributed by atoms with Crippen molar-refractivity contribution < 1.29 is 4.74 Å². The summed E-state index contributed by atoms with van der Waals surface area (Å²) in [5, 5.41) is 0.592. The maximum atomic E-state index is 13.0. The molecule has 0 aliphatic heterocycles. The van der Waals surface area contributed by atoms with Crippen molar-refractivity contribution in [3.8, 4) is 11.4 Å². The first-order valence-corrected chi connectivity index (χ1v) is 8.07. The predicted molar refractivity (Wildman–Crippen MR) is 98.1 cm³/mol. The van der Waals surface area contributed by atoms with E-state index in [1.807, 2.05) is 78.9 Å². The highest BCUT2D eigenvalue weighted by molar-refractivity contribution is 5.77. The van der Waals surface area contributed by atoms with E-state index in [1.54, 1.807) is 10.6 Å². The second kappa shape index (κ2) is 6.61. The van der Waals surface area contributed by atoms with Crippen LogP contribution in [0, 0.1) is 0 Å². The Labute approximate surface area is 145 Å². The summed E-state index contributed by atoms with van der Waals surface area (Å²) >= 11 is 0. The summed E-state index contributed by atoms with van der Waals surface area (Å²) < 4.78 is 7.45. The normalized spacial score (nSPS) is 10.7. The maximum Gasteiger partial charge on any atom is 0.266 e. The van der Waals surface area contributed by atoms with E-state index in [2.05, 4.69) is 4.98 Å². The number of rotatable bonds is 4. The van der Waals surface area contributed by atoms with Crippen molar-refractivity contribution in [1.29, 1.82) is 0 Å². The fourth-order valence-corrected chi connectivity index (χ4v) is 2.78. The van der Waals surface area contributed by atoms with E-state index in [-0.39, 0.29) is 12.2 Å². The smallest absolute Gasteiger partial charge is 0.266 e. The number of hydrogen-bond donors (Lipinski definition) is 0. The lowest BCUT2D eigenvalue weighted by atomic mass is 10.2. The molecule has 0 N–H and O–H groups in total. The zero-order chi connectivity index (χ0) is 17.1. The van der Waals surface area contributed by atoms with Gasteiger partial charge in [0, 0.05) is 0 Å². The summed E-state index contributed by atoms with van der Waals surface area (Å²) in [6.07, 6.45) is 0. The molecule has 0 aliphatic carbocycles. The third-order valence-electron chi connectivity index (χ3n) is 3.97. The van der Waals surface area contributed by atoms with Crippen molar-refractivity contribution in [2.45, 2.75) is 6.61 Å². The van der Waals surface area contributed by atoms with E-state index in [4.69, 9.17) is 4.74 Å². The van der Waals surface area contributed by atoms with Gasteiger partial charge in [-0.1, -0.05) is 48.5 Å². The van der Waals surface area contributed by atoms with Gasteiger partial charge in [0.15, 0.2) is 5.82 Å². The number of hydrogen-bond acceptors (Lipinski definition) is 3. The van der Waals surface area contributed by atoms with Crippen LogP contribution in [0.2, 0.25) is 0 Å². The molecule has 0 unspecified atom stereocenters. The Morgan fingerprint density at radius 3 is 2.20 bits per heavy atom. The Balaban J connectivity index is 1.85. The molecule has 0 saturated carbocycles. The fraction of sp³-hybridized carbons (Fsp3) is 0.0476. The molecule has 4 rings (SSSR count). The highest BCUT2D eigenvalue weighted by atomic mass is 16.5. The fourth-order valence-electron chi connectivity index (χ4n) is 2.78. The largest absolute Gasteiger partial charge is 0.486 e. The van der Waals surface area contributed by atoms with E-state index in [0.717, 1.165) is 11.4 Å². The number of benzene rings is 3. The molecule has 122 valence electrons. The number of aromatic nitrogens is 2. The topological polar surface area (TPSA) is 44.1 Å². The van der Waals surface area contributed by atoms with Crippen LogP contribution in [-0.2, 0) is 6.61 Å². The minimum absolute atomic E-state index is 0.0940. The highest BCUT2D eigenvalue weighted by Gasteiger charge is 2.13. The summed E-state index contributed by atoms with van der Waals surface area (Å²) in [4.78, 5) is 17.7. The average molecular weight is 328 g/mol. The van der Waals surface area contributed by atoms with Crippen LogP contribution in [0.15, 0.2) is 89.7 Å². The zero-order valence-corrected chi connectivity index (χ0v) is 13.5. The molecule has 0 spiro atoms. The summed E-state index contributed by atoms with van der Waals surface area (Å²) in [6.45, 7) is 0.207. The van der Waals surface area contributed by atoms with Gasteiger partial charge in [0.25, 0.3) is 5.56 Å². The van der Waals surface area contributed by atoms with E-state index in [1.165, 1.54) is 0 Å². The van der Waals surface area contributed by atoms with Crippen LogP contribution in [0.3, 0.4) is 0 Å². The van der Waals surface area contributed by atoms with Crippen LogP contribution >= 0.6 is 0 Å². The first kappa shape index (κ1) is 15.1. The van der Waals surface area contributed by atoms with Crippen LogP contribution < -0.4 is 10.3 Å². The summed E-state index contributed by atoms with van der Waals surface area (Å²) in [6, 6.07) is 26.4. The minimum Gasteiger partial charge on any atom is -0.486 e. The molecule has 25 heavy (non-hydrogen) atoms. The van der Waals surface area contributed by atoms with E-state index < -0.39 is 0 Å². The standard InChI is InChI=1S/C21H16N2O2/c24-21-18-13-7-8-14-19(18)22-20(15-25-17-11-5-2-6-12-17)23(21)16-9-3-1-4-10-16/h1-14H,15H2. The van der Waals surface area contributed by atoms with Crippen molar-refractivity contribution in [1.82, 2.24) is 9.55 Å². The summed E-state index contributed by atoms with van der Waals surface area (Å²) in [5.74, 6) is 1.31. The van der Waals surface area contributed by atoms with Crippen molar-refractivity contribution in [3.63, 3.8) is 0 Å². The van der Waals surface area contributed by atoms with Crippen molar-refractivity contribution >= 4 is 10.9 Å². The Kier molecular flexibility index (Phi) is 4.01. The van der Waals surface area contributed by atoms with Gasteiger partial charge in [0.2, 0.25) is 0 Å². The van der Waals surface area contributed by atoms with E-state index in [9.17, 15) is 4.79 Å². The number of nitrogens with zero attached hydrogens (tertiary/aromatic N) is 2. The number of ether oxygens (including phenoxy) is 1. The average Bonchev–Trinajstić information content (AvgIpc) is 2.68. The van der Waals surface area contributed by atoms with Crippen molar-refractivity contribution in [3.05, 3.63) is 101 Å². The molecule has 0 aliphatic rings. The molecule has 0 amide bonds. The number of para-hydroxylation sites is 3. The molecule has 0 atom stereocenters. The molecular weight excluding hydrogens is 312 g/mol. The monoisotopic (exact) mass is 328 g/mol. The lowest BCUT2D eigenvalue weighted by Gasteiger charge is -2.14. The van der Waals surface area contributed by atoms with Crippen LogP contribution in [0.1, 0.15) is 5.82 Å². The molecule has 0 bridgehead atoms. The zero-order valence-electron chi connectivity index (χ0n) is 13.5. The SMILES string of the molecule is O=c1c2ccccc2nc(COc2ccccc2)n1-c1ccccc1. The van der Waals surface area contributed by atoms with Crippen LogP contribution in [-0.4, -0.2) is 9.55 Å². The van der Waals surface area contributed by atoms with Gasteiger partial charge in [-0.15, -0.1) is 0 Å². The Bertz CT molecular complexity index is 1060. The second-order valence-electron chi connectivity index (χ2n) is 5.62. The Morgan fingerprint density at radius 2 is 1.44 bits per heavy atom. The molecule has 0 radical (unpaired) electrons. The van der Waals surface area contributed by atoms with Gasteiger partial charge >= 0.3 is 0 Å². The van der Waals surface area contributed by atoms with Crippen LogP contribution in [0.5, 0.6) is 5.75 Å². The van der Waals surface area contributed by atoms with Gasteiger partial charge < -0.3 is 4.74 Å². The highest BCUT2D eigenvalue weighted by Crippen LogP contribution is 2.15. The van der Waals surface area contributed by atoms with Gasteiger partial charge in [-0.05, 0) is 36.4 Å². The van der Waals surface area contributed by atoms with E-state index in [0.29, 0.717) is 16.7 Å². The summed E-state index contributed by atoms with van der Waals surface area (Å²) in [7, 11) is 0. The molecule has 4 nitrogen and oxygen atoms in total. The molecule has 0 saturated heterocycles. The molecule has 1 heterocycles. The van der Waals surface area contributed by atoms with Gasteiger partial charge in [-0.2, -0.15) is 0 Å². The minimum atomic E-state index is -0.0940. The molecular formula is C21H16N2O2. The van der Waals surface area contributed by atoms with Gasteiger partial charge in [0.05, 0.1) is 16.6 Å². The maximum absolute atomic E-state index is 13.0. The van der Waals surface area contributed by atoms with E-state index >= 15 is 0 Å². The summed E-state index contributed by atoms with van der Waals surface area (Å²) in [5.41, 5.74) is 1.35. The number of fused-ring (bicyclic) bond motifs is 1. The first-order valence-electron chi connectivity index (χ1n) is 8.07. The third kappa shape index (κ3) is 3.02. The Morgan fingerprint density at radius 1 is 0.800 bits per heavy atom. The lowest BCUT2D eigenvalue weighted by Crippen LogP contribution is -2.24. The van der Waals surface area contributed by atoms with Crippen molar-refractivity contribution in [2.24, 2.45) is 0 Å². The van der Waals surface area contributed by atoms with Crippen molar-refractivity contribution in [2.75, 3.05) is 0 Å². The molecule has 1 aromatic heterocycles. The predicted octanol–water partition coefficient (Wildman–Crippen LogP) is 3.96. The molecule has 4 heteroatoms. The molecule has 4 aromatic rings. The Hall–Kier alpha value is -3.40. The van der Waals surface area contributed by atoms with Gasteiger partial charge in [-0.25, -0.2) is 4.98 Å².